The standard InChI is InChI=1S/C14H16F2N4O/c1-8(11-4-3-10(15)5-12(11)16)19-14(21)13(17)9-6-18-20(2)7-9/h3-8,13H,17H2,1-2H3,(H,19,21). The molecule has 21 heavy (non-hydrogen) atoms. The maximum absolute atomic E-state index is 13.6. The van der Waals surface area contributed by atoms with E-state index >= 15 is 0 Å². The molecule has 2 aromatic rings. The highest BCUT2D eigenvalue weighted by atomic mass is 19.1. The van der Waals surface area contributed by atoms with Crippen LogP contribution in [-0.4, -0.2) is 15.7 Å². The molecule has 0 aliphatic rings. The van der Waals surface area contributed by atoms with Gasteiger partial charge in [-0.15, -0.1) is 0 Å². The van der Waals surface area contributed by atoms with Gasteiger partial charge in [-0.05, 0) is 13.0 Å². The van der Waals surface area contributed by atoms with Crippen molar-refractivity contribution in [1.29, 1.82) is 0 Å². The van der Waals surface area contributed by atoms with Crippen LogP contribution in [0.5, 0.6) is 0 Å². The highest BCUT2D eigenvalue weighted by molar-refractivity contribution is 5.83. The molecule has 0 fully saturated rings. The van der Waals surface area contributed by atoms with Crippen LogP contribution in [0.3, 0.4) is 0 Å². The maximum atomic E-state index is 13.6. The third-order valence-corrected chi connectivity index (χ3v) is 3.15. The first-order valence-electron chi connectivity index (χ1n) is 6.38. The fraction of sp³-hybridized carbons (Fsp3) is 0.286. The second kappa shape index (κ2) is 6.01. The van der Waals surface area contributed by atoms with Crippen molar-refractivity contribution in [2.75, 3.05) is 0 Å². The van der Waals surface area contributed by atoms with Crippen molar-refractivity contribution < 1.29 is 13.6 Å². The van der Waals surface area contributed by atoms with E-state index in [1.54, 1.807) is 20.2 Å². The molecule has 0 aliphatic carbocycles. The van der Waals surface area contributed by atoms with Gasteiger partial charge in [-0.25, -0.2) is 8.78 Å². The van der Waals surface area contributed by atoms with Crippen LogP contribution < -0.4 is 11.1 Å². The second-order valence-electron chi connectivity index (χ2n) is 4.82. The van der Waals surface area contributed by atoms with Gasteiger partial charge in [0.25, 0.3) is 0 Å². The van der Waals surface area contributed by atoms with Crippen LogP contribution in [0.25, 0.3) is 0 Å². The van der Waals surface area contributed by atoms with E-state index in [9.17, 15) is 13.6 Å². The molecule has 2 rings (SSSR count). The van der Waals surface area contributed by atoms with Gasteiger partial charge in [0.1, 0.15) is 17.7 Å². The molecule has 2 unspecified atom stereocenters. The molecule has 3 N–H and O–H groups in total. The average molecular weight is 294 g/mol. The number of nitrogens with one attached hydrogen (secondary N) is 1. The molecule has 1 heterocycles. The van der Waals surface area contributed by atoms with Crippen LogP contribution in [0.2, 0.25) is 0 Å². The number of aromatic nitrogens is 2. The number of rotatable bonds is 4. The average Bonchev–Trinajstić information content (AvgIpc) is 2.84. The Morgan fingerprint density at radius 2 is 2.14 bits per heavy atom. The predicted molar refractivity (Wildman–Crippen MR) is 73.1 cm³/mol. The third kappa shape index (κ3) is 3.43. The lowest BCUT2D eigenvalue weighted by molar-refractivity contribution is -0.123. The van der Waals surface area contributed by atoms with Gasteiger partial charge in [-0.3, -0.25) is 9.48 Å². The lowest BCUT2D eigenvalue weighted by Crippen LogP contribution is -2.35. The zero-order valence-corrected chi connectivity index (χ0v) is 11.7. The Kier molecular flexibility index (Phi) is 4.32. The zero-order chi connectivity index (χ0) is 15.6. The minimum atomic E-state index is -0.898. The number of halogens is 2. The molecule has 112 valence electrons. The van der Waals surface area contributed by atoms with Crippen LogP contribution >= 0.6 is 0 Å². The van der Waals surface area contributed by atoms with Crippen LogP contribution in [0.4, 0.5) is 8.78 Å². The highest BCUT2D eigenvalue weighted by Gasteiger charge is 2.21. The van der Waals surface area contributed by atoms with Gasteiger partial charge >= 0.3 is 0 Å². The second-order valence-corrected chi connectivity index (χ2v) is 4.82. The van der Waals surface area contributed by atoms with E-state index < -0.39 is 29.6 Å². The van der Waals surface area contributed by atoms with Crippen molar-refractivity contribution in [3.05, 3.63) is 53.4 Å². The molecule has 0 saturated carbocycles. The van der Waals surface area contributed by atoms with E-state index in [1.165, 1.54) is 16.9 Å². The molecule has 1 amide bonds. The van der Waals surface area contributed by atoms with Crippen molar-refractivity contribution in [3.63, 3.8) is 0 Å². The van der Waals surface area contributed by atoms with Crippen LogP contribution in [0, 0.1) is 11.6 Å². The summed E-state index contributed by atoms with van der Waals surface area (Å²) in [6, 6.07) is 1.69. The first-order chi connectivity index (χ1) is 9.88. The van der Waals surface area contributed by atoms with Gasteiger partial charge in [0, 0.05) is 30.4 Å². The molecule has 2 atom stereocenters. The number of nitrogens with two attached hydrogens (primary N) is 1. The number of benzene rings is 1. The van der Waals surface area contributed by atoms with Crippen LogP contribution in [-0.2, 0) is 11.8 Å². The largest absolute Gasteiger partial charge is 0.348 e. The number of hydrogen-bond acceptors (Lipinski definition) is 3. The minimum Gasteiger partial charge on any atom is -0.348 e. The first-order valence-corrected chi connectivity index (χ1v) is 6.38. The van der Waals surface area contributed by atoms with Crippen molar-refractivity contribution in [1.82, 2.24) is 15.1 Å². The zero-order valence-electron chi connectivity index (χ0n) is 11.7. The van der Waals surface area contributed by atoms with E-state index in [2.05, 4.69) is 10.4 Å². The summed E-state index contributed by atoms with van der Waals surface area (Å²) in [5.41, 5.74) is 6.58. The summed E-state index contributed by atoms with van der Waals surface area (Å²) < 4.78 is 28.0. The summed E-state index contributed by atoms with van der Waals surface area (Å²) in [7, 11) is 1.71. The monoisotopic (exact) mass is 294 g/mol. The van der Waals surface area contributed by atoms with Crippen LogP contribution in [0.1, 0.15) is 30.1 Å². The predicted octanol–water partition coefficient (Wildman–Crippen LogP) is 1.58. The number of aryl methyl sites for hydroxylation is 1. The SMILES string of the molecule is CC(NC(=O)C(N)c1cnn(C)c1)c1ccc(F)cc1F. The number of nitrogens with zero attached hydrogens (tertiary/aromatic N) is 2. The molecular formula is C14H16F2N4O. The maximum Gasteiger partial charge on any atom is 0.242 e. The third-order valence-electron chi connectivity index (χ3n) is 3.15. The normalized spacial score (nSPS) is 13.8. The highest BCUT2D eigenvalue weighted by Crippen LogP contribution is 2.19. The number of carbonyl (C=O) groups is 1. The van der Waals surface area contributed by atoms with Crippen molar-refractivity contribution >= 4 is 5.91 Å². The summed E-state index contributed by atoms with van der Waals surface area (Å²) in [5.74, 6) is -1.83. The molecule has 7 heteroatoms. The molecule has 0 saturated heterocycles. The topological polar surface area (TPSA) is 72.9 Å². The Bertz CT molecular complexity index is 656. The number of amides is 1. The molecule has 1 aromatic carbocycles. The van der Waals surface area contributed by atoms with Gasteiger partial charge in [0.2, 0.25) is 5.91 Å². The molecule has 5 nitrogen and oxygen atoms in total. The van der Waals surface area contributed by atoms with Crippen molar-refractivity contribution in [2.24, 2.45) is 12.8 Å². The van der Waals surface area contributed by atoms with E-state index in [1.807, 2.05) is 0 Å². The smallest absolute Gasteiger partial charge is 0.242 e. The Morgan fingerprint density at radius 3 is 2.71 bits per heavy atom. The van der Waals surface area contributed by atoms with E-state index in [0.717, 1.165) is 12.1 Å². The first kappa shape index (κ1) is 15.1. The summed E-state index contributed by atoms with van der Waals surface area (Å²) in [5, 5.41) is 6.54. The Labute approximate surface area is 120 Å². The van der Waals surface area contributed by atoms with Crippen LogP contribution in [0.15, 0.2) is 30.6 Å². The minimum absolute atomic E-state index is 0.197. The van der Waals surface area contributed by atoms with Crippen molar-refractivity contribution in [2.45, 2.75) is 19.0 Å². The van der Waals surface area contributed by atoms with Gasteiger partial charge in [0.05, 0.1) is 12.2 Å². The summed E-state index contributed by atoms with van der Waals surface area (Å²) in [6.07, 6.45) is 3.13. The number of carbonyl (C=O) groups excluding carboxylic acids is 1. The quantitative estimate of drug-likeness (QED) is 0.899. The molecule has 1 aromatic heterocycles. The molecule has 0 spiro atoms. The van der Waals surface area contributed by atoms with Gasteiger partial charge < -0.3 is 11.1 Å². The molecule has 0 radical (unpaired) electrons. The van der Waals surface area contributed by atoms with E-state index in [-0.39, 0.29) is 5.56 Å². The Morgan fingerprint density at radius 1 is 1.43 bits per heavy atom. The Balaban J connectivity index is 2.08. The van der Waals surface area contributed by atoms with E-state index in [0.29, 0.717) is 5.56 Å². The summed E-state index contributed by atoms with van der Waals surface area (Å²) in [4.78, 5) is 12.0. The van der Waals surface area contributed by atoms with Crippen molar-refractivity contribution in [3.8, 4) is 0 Å². The lowest BCUT2D eigenvalue weighted by Gasteiger charge is -2.17. The molecule has 0 aliphatic heterocycles. The van der Waals surface area contributed by atoms with Gasteiger partial charge in [0.15, 0.2) is 0 Å². The van der Waals surface area contributed by atoms with E-state index in [4.69, 9.17) is 5.73 Å². The number of hydrogen-bond donors (Lipinski definition) is 2. The van der Waals surface area contributed by atoms with Gasteiger partial charge in [-0.2, -0.15) is 5.10 Å². The molecular weight excluding hydrogens is 278 g/mol. The van der Waals surface area contributed by atoms with Gasteiger partial charge in [-0.1, -0.05) is 6.07 Å². The summed E-state index contributed by atoms with van der Waals surface area (Å²) >= 11 is 0. The fourth-order valence-electron chi connectivity index (χ4n) is 1.99. The molecule has 0 bridgehead atoms. The summed E-state index contributed by atoms with van der Waals surface area (Å²) in [6.45, 7) is 1.60. The Hall–Kier alpha value is -2.28. The fourth-order valence-corrected chi connectivity index (χ4v) is 1.99. The lowest BCUT2D eigenvalue weighted by atomic mass is 10.1.